The molecular formula is C28H36N2O11. The highest BCUT2D eigenvalue weighted by molar-refractivity contribution is 5.94. The highest BCUT2D eigenvalue weighted by atomic mass is 16.5. The van der Waals surface area contributed by atoms with Crippen molar-refractivity contribution in [2.24, 2.45) is 0 Å². The van der Waals surface area contributed by atoms with Crippen LogP contribution in [0.3, 0.4) is 0 Å². The number of aliphatic hydroxyl groups is 9. The van der Waals surface area contributed by atoms with Crippen molar-refractivity contribution < 1.29 is 55.5 Å². The summed E-state index contributed by atoms with van der Waals surface area (Å²) in [6, 6.07) is 11.1. The SMILES string of the molecule is O=C(NCCO)c1ccc(C2C(O)[C@@]3(O)C(c4ccc(C(=O)N(CCO)CCO)cc4)[C@@](O)([C@H](O)CO)[C@@]23O)cc1. The first-order valence-corrected chi connectivity index (χ1v) is 13.2. The zero-order valence-electron chi connectivity index (χ0n) is 22.2. The summed E-state index contributed by atoms with van der Waals surface area (Å²) >= 11 is 0. The molecule has 2 aromatic carbocycles. The van der Waals surface area contributed by atoms with Crippen molar-refractivity contribution in [3.05, 3.63) is 70.8 Å². The lowest BCUT2D eigenvalue weighted by Gasteiger charge is -2.80. The standard InChI is InChI=1S/C28H36N2O11/c31-12-9-29-24(37)18-5-1-16(2-6-18)21-23(36)27(40)22(26(39,20(35)15-34)28(21,27)41)17-3-7-19(8-4-17)25(38)30(10-13-32)11-14-33/h1-8,20-23,31-36,39-41H,9-15H2,(H,29,37)/t20-,21?,22?,23?,26+,27+,28+/m1/s1. The van der Waals surface area contributed by atoms with Crippen molar-refractivity contribution in [2.75, 3.05) is 46.1 Å². The van der Waals surface area contributed by atoms with Gasteiger partial charge < -0.3 is 56.2 Å². The van der Waals surface area contributed by atoms with Gasteiger partial charge in [0, 0.05) is 36.7 Å². The van der Waals surface area contributed by atoms with Gasteiger partial charge >= 0.3 is 0 Å². The first-order chi connectivity index (χ1) is 19.5. The van der Waals surface area contributed by atoms with Crippen LogP contribution in [0.4, 0.5) is 0 Å². The molecule has 13 heteroatoms. The Morgan fingerprint density at radius 1 is 0.829 bits per heavy atom. The highest BCUT2D eigenvalue weighted by Gasteiger charge is 2.93. The van der Waals surface area contributed by atoms with E-state index in [4.69, 9.17) is 5.11 Å². The maximum Gasteiger partial charge on any atom is 0.254 e. The van der Waals surface area contributed by atoms with Gasteiger partial charge in [-0.3, -0.25) is 9.59 Å². The molecule has 4 rings (SSSR count). The minimum absolute atomic E-state index is 0.0130. The van der Waals surface area contributed by atoms with E-state index in [9.17, 15) is 50.4 Å². The summed E-state index contributed by atoms with van der Waals surface area (Å²) in [6.07, 6.45) is -3.58. The number of fused-ring (bicyclic) bond motifs is 1. The molecule has 0 heterocycles. The topological polar surface area (TPSA) is 231 Å². The van der Waals surface area contributed by atoms with Crippen molar-refractivity contribution >= 4 is 11.8 Å². The first kappa shape index (κ1) is 31.0. The lowest BCUT2D eigenvalue weighted by Crippen LogP contribution is -2.99. The maximum absolute atomic E-state index is 12.8. The van der Waals surface area contributed by atoms with Gasteiger partial charge in [0.05, 0.1) is 38.4 Å². The van der Waals surface area contributed by atoms with Crippen LogP contribution in [0.2, 0.25) is 0 Å². The predicted molar refractivity (Wildman–Crippen MR) is 142 cm³/mol. The zero-order valence-corrected chi connectivity index (χ0v) is 22.2. The molecule has 41 heavy (non-hydrogen) atoms. The fourth-order valence-electron chi connectivity index (χ4n) is 6.49. The Labute approximate surface area is 235 Å². The summed E-state index contributed by atoms with van der Waals surface area (Å²) < 4.78 is 0. The number of nitrogens with zero attached hydrogens (tertiary/aromatic N) is 1. The molecule has 2 saturated carbocycles. The van der Waals surface area contributed by atoms with E-state index in [1.165, 1.54) is 53.4 Å². The van der Waals surface area contributed by atoms with Crippen LogP contribution in [-0.2, 0) is 0 Å². The molecule has 0 bridgehead atoms. The van der Waals surface area contributed by atoms with E-state index in [1.54, 1.807) is 0 Å². The van der Waals surface area contributed by atoms with E-state index >= 15 is 0 Å². The number of benzene rings is 2. The third-order valence-electron chi connectivity index (χ3n) is 8.45. The number of hydrogen-bond acceptors (Lipinski definition) is 11. The molecular weight excluding hydrogens is 540 g/mol. The van der Waals surface area contributed by atoms with E-state index < -0.39 is 59.3 Å². The third-order valence-corrected chi connectivity index (χ3v) is 8.45. The quantitative estimate of drug-likeness (QED) is 0.120. The zero-order chi connectivity index (χ0) is 30.2. The summed E-state index contributed by atoms with van der Waals surface area (Å²) in [4.78, 5) is 26.2. The second-order valence-electron chi connectivity index (χ2n) is 10.4. The van der Waals surface area contributed by atoms with Crippen molar-refractivity contribution in [2.45, 2.75) is 40.8 Å². The molecule has 2 aliphatic carbocycles. The molecule has 2 aromatic rings. The van der Waals surface area contributed by atoms with Gasteiger partial charge in [0.15, 0.2) is 0 Å². The number of nitrogens with one attached hydrogen (secondary N) is 1. The minimum atomic E-state index is -2.54. The summed E-state index contributed by atoms with van der Waals surface area (Å²) in [5, 5.41) is 96.5. The fraction of sp³-hybridized carbons (Fsp3) is 0.500. The molecule has 2 amide bonds. The van der Waals surface area contributed by atoms with E-state index in [2.05, 4.69) is 5.32 Å². The molecule has 7 atom stereocenters. The smallest absolute Gasteiger partial charge is 0.254 e. The van der Waals surface area contributed by atoms with Crippen LogP contribution < -0.4 is 5.32 Å². The second kappa shape index (κ2) is 11.7. The van der Waals surface area contributed by atoms with Crippen LogP contribution in [0, 0.1) is 0 Å². The van der Waals surface area contributed by atoms with E-state index in [0.29, 0.717) is 0 Å². The van der Waals surface area contributed by atoms with Gasteiger partial charge in [-0.25, -0.2) is 0 Å². The van der Waals surface area contributed by atoms with Crippen molar-refractivity contribution in [1.82, 2.24) is 10.2 Å². The summed E-state index contributed by atoms with van der Waals surface area (Å²) in [7, 11) is 0. The van der Waals surface area contributed by atoms with Gasteiger partial charge in [-0.15, -0.1) is 0 Å². The van der Waals surface area contributed by atoms with Crippen LogP contribution in [0.25, 0.3) is 0 Å². The van der Waals surface area contributed by atoms with Crippen molar-refractivity contribution in [1.29, 1.82) is 0 Å². The van der Waals surface area contributed by atoms with Crippen LogP contribution in [0.5, 0.6) is 0 Å². The van der Waals surface area contributed by atoms with Crippen molar-refractivity contribution in [3.8, 4) is 0 Å². The van der Waals surface area contributed by atoms with Gasteiger partial charge in [0.2, 0.25) is 0 Å². The van der Waals surface area contributed by atoms with Crippen LogP contribution >= 0.6 is 0 Å². The van der Waals surface area contributed by atoms with Gasteiger partial charge in [-0.1, -0.05) is 24.3 Å². The average Bonchev–Trinajstić information content (AvgIpc) is 2.99. The molecule has 0 spiro atoms. The van der Waals surface area contributed by atoms with Gasteiger partial charge in [0.25, 0.3) is 11.8 Å². The largest absolute Gasteiger partial charge is 0.395 e. The number of carbonyl (C=O) groups excluding carboxylic acids is 2. The molecule has 0 saturated heterocycles. The predicted octanol–water partition coefficient (Wildman–Crippen LogP) is -3.36. The monoisotopic (exact) mass is 576 g/mol. The number of carbonyl (C=O) groups is 2. The molecule has 13 nitrogen and oxygen atoms in total. The number of amides is 2. The summed E-state index contributed by atoms with van der Waals surface area (Å²) in [5.74, 6) is -3.75. The van der Waals surface area contributed by atoms with E-state index in [0.717, 1.165) is 0 Å². The molecule has 10 N–H and O–H groups in total. The van der Waals surface area contributed by atoms with E-state index in [1.807, 2.05) is 0 Å². The Kier molecular flexibility index (Phi) is 8.85. The van der Waals surface area contributed by atoms with Crippen LogP contribution in [-0.4, -0.2) is 138 Å². The Morgan fingerprint density at radius 3 is 1.88 bits per heavy atom. The van der Waals surface area contributed by atoms with Crippen LogP contribution in [0.15, 0.2) is 48.5 Å². The lowest BCUT2D eigenvalue weighted by molar-refractivity contribution is -0.459. The van der Waals surface area contributed by atoms with E-state index in [-0.39, 0.29) is 61.7 Å². The average molecular weight is 577 g/mol. The third kappa shape index (κ3) is 4.45. The number of aliphatic hydroxyl groups excluding tert-OH is 6. The molecule has 2 aliphatic rings. The van der Waals surface area contributed by atoms with Crippen molar-refractivity contribution in [3.63, 3.8) is 0 Å². The normalized spacial score (nSPS) is 30.9. The Bertz CT molecular complexity index is 1240. The molecule has 2 fully saturated rings. The molecule has 0 aliphatic heterocycles. The second-order valence-corrected chi connectivity index (χ2v) is 10.4. The molecule has 0 radical (unpaired) electrons. The molecule has 224 valence electrons. The summed E-state index contributed by atoms with van der Waals surface area (Å²) in [5.41, 5.74) is -6.61. The maximum atomic E-state index is 12.8. The fourth-order valence-corrected chi connectivity index (χ4v) is 6.49. The lowest BCUT2D eigenvalue weighted by atomic mass is 9.30. The number of rotatable bonds is 12. The molecule has 0 aromatic heterocycles. The minimum Gasteiger partial charge on any atom is -0.395 e. The Morgan fingerprint density at radius 2 is 1.37 bits per heavy atom. The Hall–Kier alpha value is -2.98. The highest BCUT2D eigenvalue weighted by Crippen LogP contribution is 2.75. The van der Waals surface area contributed by atoms with Gasteiger partial charge in [-0.2, -0.15) is 0 Å². The number of hydrogen-bond donors (Lipinski definition) is 10. The summed E-state index contributed by atoms with van der Waals surface area (Å²) in [6.45, 7) is -1.85. The first-order valence-electron chi connectivity index (χ1n) is 13.2. The van der Waals surface area contributed by atoms with Crippen LogP contribution in [0.1, 0.15) is 43.7 Å². The molecule has 3 unspecified atom stereocenters. The van der Waals surface area contributed by atoms with Gasteiger partial charge in [-0.05, 0) is 35.4 Å². The Balaban J connectivity index is 1.66. The van der Waals surface area contributed by atoms with Gasteiger partial charge in [0.1, 0.15) is 22.9 Å².